The quantitative estimate of drug-likeness (QED) is 0.109. The van der Waals surface area contributed by atoms with Gasteiger partial charge in [0.25, 0.3) is 0 Å². The lowest BCUT2D eigenvalue weighted by Gasteiger charge is -2.41. The molecule has 0 aromatic carbocycles. The number of nitrogens with zero attached hydrogens (tertiary/aromatic N) is 1. The smallest absolute Gasteiger partial charge is 0.0187 e. The van der Waals surface area contributed by atoms with E-state index in [0.717, 1.165) is 39.1 Å². The minimum Gasteiger partial charge on any atom is -0.330 e. The number of unbranched alkanes of at least 4 members (excludes halogenated alkanes) is 14. The number of nitrogens with two attached hydrogens (primary N) is 1. The topological polar surface area (TPSA) is 53.3 Å². The molecule has 0 aromatic rings. The van der Waals surface area contributed by atoms with Crippen LogP contribution in [0.4, 0.5) is 0 Å². The molecule has 0 aliphatic carbocycles. The average molecular weight is 483 g/mol. The van der Waals surface area contributed by atoms with Gasteiger partial charge in [0, 0.05) is 5.54 Å². The highest BCUT2D eigenvalue weighted by molar-refractivity contribution is 4.86. The third-order valence-corrected chi connectivity index (χ3v) is 8.00. The molecule has 0 bridgehead atoms. The fraction of sp³-hybridized carbons (Fsp3) is 1.00. The minimum atomic E-state index is 0.243. The first-order valence-electron chi connectivity index (χ1n) is 15.3. The van der Waals surface area contributed by atoms with Crippen molar-refractivity contribution in [3.8, 4) is 0 Å². The molecule has 0 aromatic heterocycles. The summed E-state index contributed by atoms with van der Waals surface area (Å²) < 4.78 is 0. The van der Waals surface area contributed by atoms with E-state index in [4.69, 9.17) is 5.73 Å². The summed E-state index contributed by atoms with van der Waals surface area (Å²) in [6.07, 6.45) is 23.6. The summed E-state index contributed by atoms with van der Waals surface area (Å²) in [6, 6.07) is 0. The van der Waals surface area contributed by atoms with E-state index in [1.165, 1.54) is 109 Å². The molecule has 0 saturated heterocycles. The maximum atomic E-state index is 5.52. The van der Waals surface area contributed by atoms with Crippen LogP contribution in [0.3, 0.4) is 0 Å². The zero-order chi connectivity index (χ0) is 25.3. The molecule has 0 aliphatic heterocycles. The van der Waals surface area contributed by atoms with E-state index >= 15 is 0 Å². The number of nitrogens with one attached hydrogen (secondary N) is 2. The third kappa shape index (κ3) is 20.1. The highest BCUT2D eigenvalue weighted by Crippen LogP contribution is 2.23. The lowest BCUT2D eigenvalue weighted by Crippen LogP contribution is -2.49. The average Bonchev–Trinajstić information content (AvgIpc) is 2.82. The van der Waals surface area contributed by atoms with Gasteiger partial charge in [-0.3, -0.25) is 0 Å². The lowest BCUT2D eigenvalue weighted by molar-refractivity contribution is 0.0943. The van der Waals surface area contributed by atoms with Crippen molar-refractivity contribution in [2.24, 2.45) is 11.7 Å². The van der Waals surface area contributed by atoms with Crippen molar-refractivity contribution in [1.29, 1.82) is 0 Å². The van der Waals surface area contributed by atoms with Crippen LogP contribution in [0.15, 0.2) is 0 Å². The standard InChI is InChI=1S/C30H66N4/c1-6-7-8-9-10-11-12-13-14-15-16-17-18-21-27-34(5)30(3,4)29(2)28-33-25-20-19-24-32-26-22-23-31/h29,32-33H,6-28,31H2,1-5H3. The van der Waals surface area contributed by atoms with Gasteiger partial charge in [0.1, 0.15) is 0 Å². The van der Waals surface area contributed by atoms with Crippen molar-refractivity contribution in [2.45, 2.75) is 142 Å². The van der Waals surface area contributed by atoms with Crippen molar-refractivity contribution in [3.05, 3.63) is 0 Å². The normalized spacial score (nSPS) is 13.1. The molecule has 4 heteroatoms. The van der Waals surface area contributed by atoms with Crippen LogP contribution in [0.25, 0.3) is 0 Å². The summed E-state index contributed by atoms with van der Waals surface area (Å²) >= 11 is 0. The van der Waals surface area contributed by atoms with Crippen LogP contribution in [0.5, 0.6) is 0 Å². The zero-order valence-electron chi connectivity index (χ0n) is 24.4. The molecule has 0 amide bonds. The largest absolute Gasteiger partial charge is 0.330 e. The molecule has 1 unspecified atom stereocenters. The molecule has 0 radical (unpaired) electrons. The molecule has 0 spiro atoms. The van der Waals surface area contributed by atoms with E-state index in [9.17, 15) is 0 Å². The van der Waals surface area contributed by atoms with Gasteiger partial charge in [0.2, 0.25) is 0 Å². The van der Waals surface area contributed by atoms with Gasteiger partial charge >= 0.3 is 0 Å². The molecule has 34 heavy (non-hydrogen) atoms. The Bertz CT molecular complexity index is 399. The lowest BCUT2D eigenvalue weighted by atomic mass is 9.87. The van der Waals surface area contributed by atoms with Gasteiger partial charge in [-0.25, -0.2) is 0 Å². The molecule has 0 rings (SSSR count). The van der Waals surface area contributed by atoms with Crippen LogP contribution in [-0.4, -0.2) is 56.8 Å². The van der Waals surface area contributed by atoms with Gasteiger partial charge in [-0.05, 0) is 91.8 Å². The molecule has 0 fully saturated rings. The predicted octanol–water partition coefficient (Wildman–Crippen LogP) is 7.12. The summed E-state index contributed by atoms with van der Waals surface area (Å²) in [7, 11) is 2.33. The van der Waals surface area contributed by atoms with Crippen LogP contribution in [0.2, 0.25) is 0 Å². The zero-order valence-corrected chi connectivity index (χ0v) is 24.4. The Hall–Kier alpha value is -0.160. The van der Waals surface area contributed by atoms with E-state index in [2.05, 4.69) is 50.3 Å². The van der Waals surface area contributed by atoms with Gasteiger partial charge < -0.3 is 21.3 Å². The van der Waals surface area contributed by atoms with Gasteiger partial charge in [-0.2, -0.15) is 0 Å². The molecular weight excluding hydrogens is 416 g/mol. The van der Waals surface area contributed by atoms with Crippen molar-refractivity contribution in [2.75, 3.05) is 46.3 Å². The first-order valence-corrected chi connectivity index (χ1v) is 15.3. The van der Waals surface area contributed by atoms with Gasteiger partial charge in [0.05, 0.1) is 0 Å². The fourth-order valence-corrected chi connectivity index (χ4v) is 4.63. The second-order valence-corrected chi connectivity index (χ2v) is 11.4. The van der Waals surface area contributed by atoms with E-state index in [-0.39, 0.29) is 5.54 Å². The SMILES string of the molecule is CCCCCCCCCCCCCCCCN(C)C(C)(C)C(C)CNCCCCNCCCN. The Morgan fingerprint density at radius 1 is 0.647 bits per heavy atom. The van der Waals surface area contributed by atoms with Crippen molar-refractivity contribution in [3.63, 3.8) is 0 Å². The Labute approximate surface area is 216 Å². The van der Waals surface area contributed by atoms with Crippen LogP contribution >= 0.6 is 0 Å². The molecule has 0 aliphatic rings. The van der Waals surface area contributed by atoms with E-state index in [0.29, 0.717) is 5.92 Å². The van der Waals surface area contributed by atoms with Crippen LogP contribution in [0, 0.1) is 5.92 Å². The van der Waals surface area contributed by atoms with E-state index in [1.54, 1.807) is 0 Å². The summed E-state index contributed by atoms with van der Waals surface area (Å²) in [6.45, 7) is 16.0. The highest BCUT2D eigenvalue weighted by atomic mass is 15.2. The Morgan fingerprint density at radius 2 is 1.09 bits per heavy atom. The second-order valence-electron chi connectivity index (χ2n) is 11.4. The maximum absolute atomic E-state index is 5.52. The maximum Gasteiger partial charge on any atom is 0.0187 e. The molecule has 0 heterocycles. The Morgan fingerprint density at radius 3 is 1.59 bits per heavy atom. The van der Waals surface area contributed by atoms with E-state index < -0.39 is 0 Å². The molecule has 4 nitrogen and oxygen atoms in total. The molecule has 4 N–H and O–H groups in total. The predicted molar refractivity (Wildman–Crippen MR) is 155 cm³/mol. The van der Waals surface area contributed by atoms with Crippen LogP contribution in [-0.2, 0) is 0 Å². The first kappa shape index (κ1) is 33.8. The second kappa shape index (κ2) is 24.5. The molecule has 1 atom stereocenters. The summed E-state index contributed by atoms with van der Waals surface area (Å²) in [5.74, 6) is 0.645. The summed E-state index contributed by atoms with van der Waals surface area (Å²) in [4.78, 5) is 2.60. The van der Waals surface area contributed by atoms with E-state index in [1.807, 2.05) is 0 Å². The van der Waals surface area contributed by atoms with Crippen molar-refractivity contribution in [1.82, 2.24) is 15.5 Å². The molecular formula is C30H66N4. The molecule has 0 saturated carbocycles. The highest BCUT2D eigenvalue weighted by Gasteiger charge is 2.29. The van der Waals surface area contributed by atoms with Crippen molar-refractivity contribution >= 4 is 0 Å². The van der Waals surface area contributed by atoms with Gasteiger partial charge in [0.15, 0.2) is 0 Å². The first-order chi connectivity index (χ1) is 16.5. The third-order valence-electron chi connectivity index (χ3n) is 8.00. The van der Waals surface area contributed by atoms with Crippen molar-refractivity contribution < 1.29 is 0 Å². The summed E-state index contributed by atoms with van der Waals surface area (Å²) in [5, 5.41) is 7.16. The number of rotatable bonds is 27. The van der Waals surface area contributed by atoms with Crippen LogP contribution in [0.1, 0.15) is 137 Å². The number of hydrogen-bond acceptors (Lipinski definition) is 4. The minimum absolute atomic E-state index is 0.243. The van der Waals surface area contributed by atoms with Crippen LogP contribution < -0.4 is 16.4 Å². The molecule has 206 valence electrons. The summed E-state index contributed by atoms with van der Waals surface area (Å²) in [5.41, 5.74) is 5.76. The monoisotopic (exact) mass is 483 g/mol. The Kier molecular flexibility index (Phi) is 24.4. The number of hydrogen-bond donors (Lipinski definition) is 3. The Balaban J connectivity index is 3.59. The fourth-order valence-electron chi connectivity index (χ4n) is 4.63. The van der Waals surface area contributed by atoms with Gasteiger partial charge in [-0.1, -0.05) is 97.3 Å². The van der Waals surface area contributed by atoms with Gasteiger partial charge in [-0.15, -0.1) is 0 Å².